The van der Waals surface area contributed by atoms with Crippen LogP contribution < -0.4 is 10.9 Å². The van der Waals surface area contributed by atoms with Crippen molar-refractivity contribution in [2.24, 2.45) is 5.92 Å². The van der Waals surface area contributed by atoms with Crippen molar-refractivity contribution in [2.75, 3.05) is 6.54 Å². The Kier molecular flexibility index (Phi) is 3.60. The fraction of sp³-hybridized carbons (Fsp3) is 0.467. The number of rotatable bonds is 6. The number of hydrogen-bond donors (Lipinski definition) is 2. The minimum absolute atomic E-state index is 0.0552. The maximum atomic E-state index is 11.9. The predicted octanol–water partition coefficient (Wildman–Crippen LogP) is 2.20. The number of hydrogen-bond acceptors (Lipinski definition) is 3. The summed E-state index contributed by atoms with van der Waals surface area (Å²) < 4.78 is 0. The molecule has 0 aliphatic heterocycles. The quantitative estimate of drug-likeness (QED) is 0.780. The second kappa shape index (κ2) is 5.53. The van der Waals surface area contributed by atoms with E-state index in [4.69, 9.17) is 0 Å². The lowest BCUT2D eigenvalue weighted by Crippen LogP contribution is -2.20. The number of nitrogens with zero attached hydrogens (tertiary/aromatic N) is 1. The molecule has 1 heterocycles. The summed E-state index contributed by atoms with van der Waals surface area (Å²) in [6, 6.07) is 7.44. The number of aromatic nitrogens is 2. The molecule has 1 aliphatic rings. The molecular formula is C15H19N3O. The van der Waals surface area contributed by atoms with Gasteiger partial charge in [0.1, 0.15) is 5.82 Å². The highest BCUT2D eigenvalue weighted by atomic mass is 16.1. The first-order valence-corrected chi connectivity index (χ1v) is 7.01. The fourth-order valence-corrected chi connectivity index (χ4v) is 2.35. The molecule has 0 saturated heterocycles. The van der Waals surface area contributed by atoms with E-state index in [2.05, 4.69) is 15.3 Å². The molecule has 4 heteroatoms. The molecule has 3 rings (SSSR count). The van der Waals surface area contributed by atoms with Gasteiger partial charge in [0.05, 0.1) is 17.4 Å². The Morgan fingerprint density at radius 1 is 1.32 bits per heavy atom. The van der Waals surface area contributed by atoms with Crippen LogP contribution >= 0.6 is 0 Å². The molecule has 0 radical (unpaired) electrons. The van der Waals surface area contributed by atoms with Crippen molar-refractivity contribution in [1.29, 1.82) is 0 Å². The summed E-state index contributed by atoms with van der Waals surface area (Å²) in [5.41, 5.74) is 0.710. The molecule has 2 N–H and O–H groups in total. The number of benzene rings is 1. The van der Waals surface area contributed by atoms with Crippen molar-refractivity contribution >= 4 is 10.9 Å². The molecule has 0 unspecified atom stereocenters. The average Bonchev–Trinajstić information content (AvgIpc) is 3.23. The maximum Gasteiger partial charge on any atom is 0.258 e. The Labute approximate surface area is 112 Å². The Bertz CT molecular complexity index is 616. The second-order valence-electron chi connectivity index (χ2n) is 5.29. The first-order valence-electron chi connectivity index (χ1n) is 7.01. The van der Waals surface area contributed by atoms with Crippen molar-refractivity contribution in [3.8, 4) is 0 Å². The largest absolute Gasteiger partial charge is 0.310 e. The van der Waals surface area contributed by atoms with Crippen molar-refractivity contribution in [3.63, 3.8) is 0 Å². The highest BCUT2D eigenvalue weighted by Gasteiger charge is 2.19. The van der Waals surface area contributed by atoms with E-state index < -0.39 is 0 Å². The zero-order valence-corrected chi connectivity index (χ0v) is 11.0. The first kappa shape index (κ1) is 12.4. The van der Waals surface area contributed by atoms with Crippen LogP contribution in [0.2, 0.25) is 0 Å². The Morgan fingerprint density at radius 2 is 2.16 bits per heavy atom. The third-order valence-electron chi connectivity index (χ3n) is 3.62. The van der Waals surface area contributed by atoms with Gasteiger partial charge in [-0.3, -0.25) is 4.79 Å². The van der Waals surface area contributed by atoms with Crippen LogP contribution in [0.5, 0.6) is 0 Å². The van der Waals surface area contributed by atoms with E-state index in [0.717, 1.165) is 23.8 Å². The summed E-state index contributed by atoms with van der Waals surface area (Å²) in [6.45, 7) is 1.62. The third kappa shape index (κ3) is 3.20. The van der Waals surface area contributed by atoms with E-state index in [1.54, 1.807) is 6.07 Å². The molecule has 19 heavy (non-hydrogen) atoms. The smallest absolute Gasteiger partial charge is 0.258 e. The summed E-state index contributed by atoms with van der Waals surface area (Å²) in [7, 11) is 0. The van der Waals surface area contributed by atoms with E-state index >= 15 is 0 Å². The van der Waals surface area contributed by atoms with Gasteiger partial charge in [0.15, 0.2) is 0 Å². The molecule has 1 saturated carbocycles. The lowest BCUT2D eigenvalue weighted by molar-refractivity contribution is 0.584. The van der Waals surface area contributed by atoms with Gasteiger partial charge in [-0.05, 0) is 37.4 Å². The lowest BCUT2D eigenvalue weighted by atomic mass is 10.2. The highest BCUT2D eigenvalue weighted by molar-refractivity contribution is 5.77. The summed E-state index contributed by atoms with van der Waals surface area (Å²) in [5, 5.41) is 4.00. The van der Waals surface area contributed by atoms with Crippen molar-refractivity contribution < 1.29 is 0 Å². The Morgan fingerprint density at radius 3 is 3.00 bits per heavy atom. The van der Waals surface area contributed by atoms with Crippen molar-refractivity contribution in [3.05, 3.63) is 40.4 Å². The lowest BCUT2D eigenvalue weighted by Gasteiger charge is -2.05. The van der Waals surface area contributed by atoms with Gasteiger partial charge in [0.25, 0.3) is 5.56 Å². The van der Waals surface area contributed by atoms with Gasteiger partial charge in [-0.15, -0.1) is 0 Å². The molecule has 0 atom stereocenters. The number of nitrogens with one attached hydrogen (secondary N) is 2. The van der Waals surface area contributed by atoms with Crippen LogP contribution in [0.25, 0.3) is 10.9 Å². The van der Waals surface area contributed by atoms with Gasteiger partial charge in [-0.25, -0.2) is 4.98 Å². The molecular weight excluding hydrogens is 238 g/mol. The number of fused-ring (bicyclic) bond motifs is 1. The van der Waals surface area contributed by atoms with Crippen LogP contribution in [-0.4, -0.2) is 16.5 Å². The normalized spacial score (nSPS) is 14.9. The Balaban J connectivity index is 1.59. The van der Waals surface area contributed by atoms with Gasteiger partial charge < -0.3 is 10.3 Å². The molecule has 0 amide bonds. The van der Waals surface area contributed by atoms with E-state index in [1.807, 2.05) is 18.2 Å². The zero-order valence-electron chi connectivity index (χ0n) is 11.0. The molecule has 4 nitrogen and oxygen atoms in total. The van der Waals surface area contributed by atoms with Crippen LogP contribution in [0.1, 0.15) is 31.5 Å². The van der Waals surface area contributed by atoms with Crippen LogP contribution in [0.15, 0.2) is 29.1 Å². The van der Waals surface area contributed by atoms with Gasteiger partial charge in [0.2, 0.25) is 0 Å². The van der Waals surface area contributed by atoms with Gasteiger partial charge in [-0.1, -0.05) is 25.0 Å². The molecule has 2 aromatic rings. The van der Waals surface area contributed by atoms with Crippen molar-refractivity contribution in [1.82, 2.24) is 15.3 Å². The maximum absolute atomic E-state index is 11.9. The third-order valence-corrected chi connectivity index (χ3v) is 3.62. The van der Waals surface area contributed by atoms with Crippen LogP contribution in [-0.2, 0) is 6.54 Å². The van der Waals surface area contributed by atoms with E-state index in [-0.39, 0.29) is 5.56 Å². The highest BCUT2D eigenvalue weighted by Crippen LogP contribution is 2.33. The summed E-state index contributed by atoms with van der Waals surface area (Å²) in [6.07, 6.45) is 5.37. The summed E-state index contributed by atoms with van der Waals surface area (Å²) in [4.78, 5) is 19.2. The second-order valence-corrected chi connectivity index (χ2v) is 5.29. The molecule has 0 bridgehead atoms. The monoisotopic (exact) mass is 257 g/mol. The van der Waals surface area contributed by atoms with Gasteiger partial charge in [-0.2, -0.15) is 0 Å². The van der Waals surface area contributed by atoms with Crippen molar-refractivity contribution in [2.45, 2.75) is 32.2 Å². The number of para-hydroxylation sites is 1. The van der Waals surface area contributed by atoms with Gasteiger partial charge in [0, 0.05) is 0 Å². The Hall–Kier alpha value is -1.68. The number of H-pyrrole nitrogens is 1. The van der Waals surface area contributed by atoms with Crippen LogP contribution in [0.3, 0.4) is 0 Å². The van der Waals surface area contributed by atoms with Crippen LogP contribution in [0, 0.1) is 5.92 Å². The number of aromatic amines is 1. The first-order chi connectivity index (χ1) is 9.33. The molecule has 100 valence electrons. The molecule has 1 aliphatic carbocycles. The fourth-order valence-electron chi connectivity index (χ4n) is 2.35. The molecule has 1 fully saturated rings. The molecule has 1 aromatic heterocycles. The summed E-state index contributed by atoms with van der Waals surface area (Å²) >= 11 is 0. The zero-order chi connectivity index (χ0) is 13.1. The average molecular weight is 257 g/mol. The SMILES string of the molecule is O=c1[nH]c(CNCCCC2CC2)nc2ccccc12. The minimum Gasteiger partial charge on any atom is -0.310 e. The van der Waals surface area contributed by atoms with E-state index in [0.29, 0.717) is 11.9 Å². The predicted molar refractivity (Wildman–Crippen MR) is 76.0 cm³/mol. The van der Waals surface area contributed by atoms with E-state index in [9.17, 15) is 4.79 Å². The summed E-state index contributed by atoms with van der Waals surface area (Å²) in [5.74, 6) is 1.70. The van der Waals surface area contributed by atoms with E-state index in [1.165, 1.54) is 25.7 Å². The van der Waals surface area contributed by atoms with Crippen LogP contribution in [0.4, 0.5) is 0 Å². The van der Waals surface area contributed by atoms with Gasteiger partial charge >= 0.3 is 0 Å². The molecule has 0 spiro atoms. The standard InChI is InChI=1S/C15H19N3O/c19-15-12-5-1-2-6-13(12)17-14(18-15)10-16-9-3-4-11-7-8-11/h1-2,5-6,11,16H,3-4,7-10H2,(H,17,18,19). The minimum atomic E-state index is -0.0552. The molecule has 1 aromatic carbocycles. The topological polar surface area (TPSA) is 57.8 Å².